The number of hydrogen-bond donors (Lipinski definition) is 4. The van der Waals surface area contributed by atoms with Gasteiger partial charge in [-0.25, -0.2) is 0 Å². The van der Waals surface area contributed by atoms with E-state index >= 15 is 0 Å². The molecule has 2 atom stereocenters. The highest BCUT2D eigenvalue weighted by molar-refractivity contribution is 5.66. The van der Waals surface area contributed by atoms with Gasteiger partial charge in [0.05, 0.1) is 12.2 Å². The normalized spacial score (nSPS) is 12.8. The highest BCUT2D eigenvalue weighted by Crippen LogP contribution is 2.18. The van der Waals surface area contributed by atoms with Crippen LogP contribution in [0.25, 0.3) is 0 Å². The van der Waals surface area contributed by atoms with Crippen molar-refractivity contribution in [1.29, 1.82) is 0 Å². The SMILES string of the molecule is O=C(O)CCCCCCCCCCC(O)CCCCCCCCCCCCCCCCCCC(O)CCCCCCCCCCC(=O)O. The molecule has 0 saturated heterocycles. The lowest BCUT2D eigenvalue weighted by atomic mass is 10.0. The Morgan fingerprint density at radius 3 is 0.583 bits per heavy atom. The number of hydrogen-bond acceptors (Lipinski definition) is 4. The zero-order chi connectivity index (χ0) is 35.2. The zero-order valence-electron chi connectivity index (χ0n) is 31.6. The molecular weight excluding hydrogens is 600 g/mol. The average Bonchev–Trinajstić information content (AvgIpc) is 3.05. The van der Waals surface area contributed by atoms with E-state index in [0.717, 1.165) is 77.0 Å². The fourth-order valence-electron chi connectivity index (χ4n) is 6.96. The number of carbonyl (C=O) groups is 2. The third kappa shape index (κ3) is 41.0. The molecule has 0 aliphatic heterocycles. The Balaban J connectivity index is 3.21. The largest absolute Gasteiger partial charge is 0.481 e. The topological polar surface area (TPSA) is 115 Å². The summed E-state index contributed by atoms with van der Waals surface area (Å²) in [7, 11) is 0. The van der Waals surface area contributed by atoms with E-state index in [2.05, 4.69) is 0 Å². The van der Waals surface area contributed by atoms with Crippen molar-refractivity contribution in [1.82, 2.24) is 0 Å². The standard InChI is InChI=1S/C42H82O6/c43-39(35-29-23-17-11-13-19-25-31-37-41(45)46)33-27-21-15-9-7-5-3-1-2-4-6-8-10-16-22-28-34-40(44)36-30-24-18-12-14-20-26-32-38-42(47)48/h39-40,43-44H,1-38H2,(H,45,46)(H,47,48). The van der Waals surface area contributed by atoms with Crippen molar-refractivity contribution in [3.05, 3.63) is 0 Å². The first-order valence-electron chi connectivity index (χ1n) is 21.2. The Morgan fingerprint density at radius 2 is 0.417 bits per heavy atom. The summed E-state index contributed by atoms with van der Waals surface area (Å²) >= 11 is 0. The van der Waals surface area contributed by atoms with Crippen LogP contribution in [0, 0.1) is 0 Å². The summed E-state index contributed by atoms with van der Waals surface area (Å²) < 4.78 is 0. The first-order valence-corrected chi connectivity index (χ1v) is 21.2. The van der Waals surface area contributed by atoms with Crippen LogP contribution in [-0.4, -0.2) is 44.6 Å². The molecule has 2 unspecified atom stereocenters. The number of aliphatic carboxylic acids is 2. The molecule has 4 N–H and O–H groups in total. The Morgan fingerprint density at radius 1 is 0.271 bits per heavy atom. The van der Waals surface area contributed by atoms with Gasteiger partial charge >= 0.3 is 11.9 Å². The van der Waals surface area contributed by atoms with Gasteiger partial charge < -0.3 is 20.4 Å². The predicted molar refractivity (Wildman–Crippen MR) is 203 cm³/mol. The molecule has 0 amide bonds. The number of carboxylic acids is 2. The van der Waals surface area contributed by atoms with Crippen molar-refractivity contribution < 1.29 is 30.0 Å². The van der Waals surface area contributed by atoms with Crippen LogP contribution in [0.3, 0.4) is 0 Å². The monoisotopic (exact) mass is 683 g/mol. The van der Waals surface area contributed by atoms with Crippen LogP contribution in [0.1, 0.15) is 244 Å². The molecule has 0 bridgehead atoms. The number of aliphatic hydroxyl groups is 2. The molecule has 0 aromatic heterocycles. The highest BCUT2D eigenvalue weighted by Gasteiger charge is 2.05. The minimum atomic E-state index is -0.680. The summed E-state index contributed by atoms with van der Waals surface area (Å²) in [5.74, 6) is -1.36. The molecule has 0 spiro atoms. The molecule has 6 nitrogen and oxygen atoms in total. The first-order chi connectivity index (χ1) is 23.4. The lowest BCUT2D eigenvalue weighted by Gasteiger charge is -2.10. The van der Waals surface area contributed by atoms with E-state index in [1.54, 1.807) is 0 Å². The van der Waals surface area contributed by atoms with E-state index in [9.17, 15) is 19.8 Å². The maximum atomic E-state index is 10.5. The molecule has 0 fully saturated rings. The molecule has 0 rings (SSSR count). The van der Waals surface area contributed by atoms with Crippen LogP contribution in [0.2, 0.25) is 0 Å². The summed E-state index contributed by atoms with van der Waals surface area (Å²) in [6.07, 6.45) is 43.6. The smallest absolute Gasteiger partial charge is 0.303 e. The van der Waals surface area contributed by atoms with Gasteiger partial charge in [-0.15, -0.1) is 0 Å². The van der Waals surface area contributed by atoms with Crippen LogP contribution in [0.5, 0.6) is 0 Å². The summed E-state index contributed by atoms with van der Waals surface area (Å²) in [4.78, 5) is 21.0. The second-order valence-corrected chi connectivity index (χ2v) is 15.1. The lowest BCUT2D eigenvalue weighted by Crippen LogP contribution is -2.05. The fraction of sp³-hybridized carbons (Fsp3) is 0.952. The highest BCUT2D eigenvalue weighted by atomic mass is 16.4. The summed E-state index contributed by atoms with van der Waals surface area (Å²) in [6.45, 7) is 0. The lowest BCUT2D eigenvalue weighted by molar-refractivity contribution is -0.138. The van der Waals surface area contributed by atoms with E-state index < -0.39 is 11.9 Å². The molecule has 0 aliphatic rings. The van der Waals surface area contributed by atoms with Crippen molar-refractivity contribution in [3.63, 3.8) is 0 Å². The van der Waals surface area contributed by atoms with Gasteiger partial charge in [0.1, 0.15) is 0 Å². The number of aliphatic hydroxyl groups excluding tert-OH is 2. The van der Waals surface area contributed by atoms with Crippen molar-refractivity contribution in [2.75, 3.05) is 0 Å². The van der Waals surface area contributed by atoms with E-state index in [1.807, 2.05) is 0 Å². The molecule has 0 aromatic carbocycles. The molecule has 48 heavy (non-hydrogen) atoms. The molecule has 0 saturated carbocycles. The second kappa shape index (κ2) is 38.7. The van der Waals surface area contributed by atoms with E-state index in [4.69, 9.17) is 10.2 Å². The quantitative estimate of drug-likeness (QED) is 0.0477. The second-order valence-electron chi connectivity index (χ2n) is 15.1. The van der Waals surface area contributed by atoms with Crippen molar-refractivity contribution in [3.8, 4) is 0 Å². The van der Waals surface area contributed by atoms with Crippen LogP contribution >= 0.6 is 0 Å². The molecule has 0 heterocycles. The Kier molecular flexibility index (Phi) is 37.7. The van der Waals surface area contributed by atoms with Gasteiger partial charge in [-0.1, -0.05) is 193 Å². The Bertz CT molecular complexity index is 613. The molecule has 6 heteroatoms. The van der Waals surface area contributed by atoms with E-state index in [0.29, 0.717) is 12.8 Å². The van der Waals surface area contributed by atoms with Gasteiger partial charge in [-0.05, 0) is 38.5 Å². The van der Waals surface area contributed by atoms with Crippen molar-refractivity contribution in [2.45, 2.75) is 256 Å². The number of carboxylic acid groups (broad SMARTS) is 2. The van der Waals surface area contributed by atoms with Gasteiger partial charge in [0.2, 0.25) is 0 Å². The average molecular weight is 683 g/mol. The maximum absolute atomic E-state index is 10.5. The van der Waals surface area contributed by atoms with Crippen LogP contribution in [-0.2, 0) is 9.59 Å². The Hall–Kier alpha value is -1.14. The summed E-state index contributed by atoms with van der Waals surface area (Å²) in [6, 6.07) is 0. The first kappa shape index (κ1) is 46.9. The van der Waals surface area contributed by atoms with Gasteiger partial charge in [-0.2, -0.15) is 0 Å². The third-order valence-corrected chi connectivity index (χ3v) is 10.2. The van der Waals surface area contributed by atoms with Gasteiger partial charge in [0.15, 0.2) is 0 Å². The molecule has 0 aliphatic carbocycles. The summed E-state index contributed by atoms with van der Waals surface area (Å²) in [5.41, 5.74) is 0. The minimum Gasteiger partial charge on any atom is -0.481 e. The molecule has 0 aromatic rings. The van der Waals surface area contributed by atoms with Crippen LogP contribution in [0.15, 0.2) is 0 Å². The van der Waals surface area contributed by atoms with Gasteiger partial charge in [0, 0.05) is 12.8 Å². The zero-order valence-corrected chi connectivity index (χ0v) is 31.6. The van der Waals surface area contributed by atoms with Gasteiger partial charge in [0.25, 0.3) is 0 Å². The summed E-state index contributed by atoms with van der Waals surface area (Å²) in [5, 5.41) is 37.8. The third-order valence-electron chi connectivity index (χ3n) is 10.2. The van der Waals surface area contributed by atoms with Gasteiger partial charge in [-0.3, -0.25) is 9.59 Å². The van der Waals surface area contributed by atoms with Crippen molar-refractivity contribution in [2.24, 2.45) is 0 Å². The van der Waals surface area contributed by atoms with E-state index in [-0.39, 0.29) is 12.2 Å². The van der Waals surface area contributed by atoms with E-state index in [1.165, 1.54) is 154 Å². The number of rotatable bonds is 41. The maximum Gasteiger partial charge on any atom is 0.303 e. The molecule has 286 valence electrons. The number of unbranched alkanes of at least 4 members (excludes halogenated alkanes) is 29. The molecule has 0 radical (unpaired) electrons. The van der Waals surface area contributed by atoms with Crippen molar-refractivity contribution >= 4 is 11.9 Å². The van der Waals surface area contributed by atoms with Crippen LogP contribution in [0.4, 0.5) is 0 Å². The fourth-order valence-corrected chi connectivity index (χ4v) is 6.96. The molecular formula is C42H82O6. The minimum absolute atomic E-state index is 0.112. The predicted octanol–water partition coefficient (Wildman–Crippen LogP) is 12.7. The van der Waals surface area contributed by atoms with Crippen LogP contribution < -0.4 is 0 Å². The Labute approximate surface area is 297 Å².